The monoisotopic (exact) mass is 292 g/mol. The number of oxazole rings is 1. The van der Waals surface area contributed by atoms with Gasteiger partial charge in [-0.15, -0.1) is 5.10 Å². The summed E-state index contributed by atoms with van der Waals surface area (Å²) in [7, 11) is 0. The summed E-state index contributed by atoms with van der Waals surface area (Å²) < 4.78 is 7.27. The Hall–Kier alpha value is -3.22. The molecule has 0 bridgehead atoms. The highest BCUT2D eigenvalue weighted by Crippen LogP contribution is 2.28. The molecule has 0 radical (unpaired) electrons. The summed E-state index contributed by atoms with van der Waals surface area (Å²) in [5.74, 6) is 1.40. The predicted octanol–water partition coefficient (Wildman–Crippen LogP) is 2.34. The Morgan fingerprint density at radius 1 is 1.18 bits per heavy atom. The van der Waals surface area contributed by atoms with Crippen LogP contribution in [-0.4, -0.2) is 24.6 Å². The summed E-state index contributed by atoms with van der Waals surface area (Å²) in [4.78, 5) is 12.5. The van der Waals surface area contributed by atoms with Gasteiger partial charge in [0.1, 0.15) is 5.69 Å². The molecule has 7 heteroatoms. The third kappa shape index (κ3) is 1.99. The summed E-state index contributed by atoms with van der Waals surface area (Å²) >= 11 is 0. The lowest BCUT2D eigenvalue weighted by Crippen LogP contribution is -1.95. The highest BCUT2D eigenvalue weighted by molar-refractivity contribution is 5.73. The van der Waals surface area contributed by atoms with Crippen molar-refractivity contribution in [1.29, 1.82) is 0 Å². The normalized spacial score (nSPS) is 11.1. The Bertz CT molecular complexity index is 957. The van der Waals surface area contributed by atoms with E-state index in [0.717, 1.165) is 16.8 Å². The maximum atomic E-state index is 5.73. The number of hydrogen-bond donors (Lipinski definition) is 1. The molecule has 7 nitrogen and oxygen atoms in total. The fraction of sp³-hybridized carbons (Fsp3) is 0.0667. The van der Waals surface area contributed by atoms with Crippen LogP contribution in [0.3, 0.4) is 0 Å². The topological polar surface area (TPSA) is 95.1 Å². The second-order valence-corrected chi connectivity index (χ2v) is 4.85. The molecule has 0 atom stereocenters. The van der Waals surface area contributed by atoms with Gasteiger partial charge in [-0.1, -0.05) is 6.07 Å². The first kappa shape index (κ1) is 12.5. The van der Waals surface area contributed by atoms with Gasteiger partial charge in [0, 0.05) is 24.9 Å². The van der Waals surface area contributed by atoms with Gasteiger partial charge in [-0.25, -0.2) is 9.50 Å². The number of nitrogens with two attached hydrogens (primary N) is 1. The number of fused-ring (bicyclic) bond motifs is 1. The van der Waals surface area contributed by atoms with E-state index >= 15 is 0 Å². The van der Waals surface area contributed by atoms with Crippen molar-refractivity contribution in [2.24, 2.45) is 0 Å². The zero-order valence-electron chi connectivity index (χ0n) is 11.8. The Kier molecular flexibility index (Phi) is 2.65. The summed E-state index contributed by atoms with van der Waals surface area (Å²) in [5.41, 5.74) is 9.04. The van der Waals surface area contributed by atoms with Crippen LogP contribution >= 0.6 is 0 Å². The Labute approximate surface area is 125 Å². The van der Waals surface area contributed by atoms with E-state index in [1.54, 1.807) is 30.0 Å². The first-order valence-corrected chi connectivity index (χ1v) is 6.70. The van der Waals surface area contributed by atoms with E-state index in [1.807, 2.05) is 24.3 Å². The molecule has 2 N–H and O–H groups in total. The van der Waals surface area contributed by atoms with Crippen molar-refractivity contribution >= 4 is 11.6 Å². The lowest BCUT2D eigenvalue weighted by atomic mass is 10.1. The van der Waals surface area contributed by atoms with Crippen LogP contribution in [0.4, 0.5) is 5.95 Å². The molecule has 22 heavy (non-hydrogen) atoms. The molecule has 0 aliphatic heterocycles. The molecule has 0 saturated heterocycles. The molecular formula is C15H12N6O. The maximum Gasteiger partial charge on any atom is 0.240 e. The predicted molar refractivity (Wildman–Crippen MR) is 80.9 cm³/mol. The number of nitrogen functional groups attached to an aromatic ring is 1. The largest absolute Gasteiger partial charge is 0.439 e. The minimum Gasteiger partial charge on any atom is -0.439 e. The fourth-order valence-corrected chi connectivity index (χ4v) is 2.36. The van der Waals surface area contributed by atoms with E-state index in [0.29, 0.717) is 17.3 Å². The average molecular weight is 292 g/mol. The summed E-state index contributed by atoms with van der Waals surface area (Å²) in [5, 5.41) is 4.21. The number of hydrogen-bond acceptors (Lipinski definition) is 6. The van der Waals surface area contributed by atoms with Crippen LogP contribution in [0.2, 0.25) is 0 Å². The third-order valence-corrected chi connectivity index (χ3v) is 3.32. The van der Waals surface area contributed by atoms with E-state index in [2.05, 4.69) is 20.1 Å². The molecule has 0 amide bonds. The van der Waals surface area contributed by atoms with Crippen LogP contribution < -0.4 is 5.73 Å². The Morgan fingerprint density at radius 3 is 2.82 bits per heavy atom. The minimum absolute atomic E-state index is 0.209. The summed E-state index contributed by atoms with van der Waals surface area (Å²) in [6, 6.07) is 7.73. The fourth-order valence-electron chi connectivity index (χ4n) is 2.36. The molecule has 0 aliphatic rings. The van der Waals surface area contributed by atoms with Crippen LogP contribution in [-0.2, 0) is 0 Å². The molecule has 0 aliphatic carbocycles. The molecule has 0 unspecified atom stereocenters. The zero-order valence-corrected chi connectivity index (χ0v) is 11.8. The first-order valence-electron chi connectivity index (χ1n) is 6.70. The quantitative estimate of drug-likeness (QED) is 0.609. The SMILES string of the molecule is Cc1ncc(-c2cc(-c3cccnc3)cc3nc(N)nn23)o1. The van der Waals surface area contributed by atoms with Gasteiger partial charge in [-0.3, -0.25) is 4.98 Å². The number of nitrogens with zero attached hydrogens (tertiary/aromatic N) is 5. The van der Waals surface area contributed by atoms with Crippen LogP contribution in [0.5, 0.6) is 0 Å². The van der Waals surface area contributed by atoms with E-state index in [1.165, 1.54) is 0 Å². The maximum absolute atomic E-state index is 5.73. The van der Waals surface area contributed by atoms with Gasteiger partial charge in [-0.05, 0) is 23.8 Å². The Balaban J connectivity index is 2.01. The van der Waals surface area contributed by atoms with Crippen molar-refractivity contribution in [3.8, 4) is 22.6 Å². The van der Waals surface area contributed by atoms with Crippen LogP contribution in [0.1, 0.15) is 5.89 Å². The molecule has 4 aromatic rings. The van der Waals surface area contributed by atoms with Crippen molar-refractivity contribution in [2.45, 2.75) is 6.92 Å². The lowest BCUT2D eigenvalue weighted by Gasteiger charge is -2.05. The van der Waals surface area contributed by atoms with E-state index < -0.39 is 0 Å². The van der Waals surface area contributed by atoms with Crippen molar-refractivity contribution in [3.05, 3.63) is 48.7 Å². The lowest BCUT2D eigenvalue weighted by molar-refractivity contribution is 0.531. The average Bonchev–Trinajstić information content (AvgIpc) is 3.12. The Morgan fingerprint density at radius 2 is 2.09 bits per heavy atom. The summed E-state index contributed by atoms with van der Waals surface area (Å²) in [6.07, 6.45) is 5.19. The van der Waals surface area contributed by atoms with Gasteiger partial charge in [0.05, 0.1) is 6.20 Å². The number of rotatable bonds is 2. The number of anilines is 1. The first-order chi connectivity index (χ1) is 10.7. The van der Waals surface area contributed by atoms with E-state index in [-0.39, 0.29) is 5.95 Å². The standard InChI is InChI=1S/C15H12N6O/c1-9-18-8-13(22-9)12-5-11(10-3-2-4-17-7-10)6-14-19-15(16)20-21(12)14/h2-8H,1H3,(H2,16,20). The molecule has 0 fully saturated rings. The van der Waals surface area contributed by atoms with Crippen LogP contribution in [0, 0.1) is 6.92 Å². The third-order valence-electron chi connectivity index (χ3n) is 3.32. The molecular weight excluding hydrogens is 280 g/mol. The van der Waals surface area contributed by atoms with Gasteiger partial charge in [0.2, 0.25) is 5.95 Å². The van der Waals surface area contributed by atoms with Crippen molar-refractivity contribution < 1.29 is 4.42 Å². The minimum atomic E-state index is 0.209. The highest BCUT2D eigenvalue weighted by atomic mass is 16.4. The highest BCUT2D eigenvalue weighted by Gasteiger charge is 2.14. The van der Waals surface area contributed by atoms with Crippen molar-refractivity contribution in [1.82, 2.24) is 24.6 Å². The van der Waals surface area contributed by atoms with Gasteiger partial charge in [0.25, 0.3) is 0 Å². The number of aromatic nitrogens is 5. The van der Waals surface area contributed by atoms with Gasteiger partial charge in [0.15, 0.2) is 17.3 Å². The molecule has 4 aromatic heterocycles. The molecule has 0 spiro atoms. The van der Waals surface area contributed by atoms with Gasteiger partial charge >= 0.3 is 0 Å². The van der Waals surface area contributed by atoms with Crippen molar-refractivity contribution in [2.75, 3.05) is 5.73 Å². The van der Waals surface area contributed by atoms with Gasteiger partial charge < -0.3 is 10.2 Å². The number of aryl methyl sites for hydroxylation is 1. The smallest absolute Gasteiger partial charge is 0.240 e. The van der Waals surface area contributed by atoms with E-state index in [9.17, 15) is 0 Å². The van der Waals surface area contributed by atoms with Crippen molar-refractivity contribution in [3.63, 3.8) is 0 Å². The second kappa shape index (κ2) is 4.66. The molecule has 0 saturated carbocycles. The molecule has 4 rings (SSSR count). The van der Waals surface area contributed by atoms with E-state index in [4.69, 9.17) is 10.2 Å². The zero-order chi connectivity index (χ0) is 15.1. The van der Waals surface area contributed by atoms with Crippen LogP contribution in [0.25, 0.3) is 28.2 Å². The second-order valence-electron chi connectivity index (χ2n) is 4.85. The molecule has 108 valence electrons. The van der Waals surface area contributed by atoms with Gasteiger partial charge in [-0.2, -0.15) is 4.98 Å². The summed E-state index contributed by atoms with van der Waals surface area (Å²) in [6.45, 7) is 1.79. The van der Waals surface area contributed by atoms with Crippen LogP contribution in [0.15, 0.2) is 47.3 Å². The molecule has 4 heterocycles. The number of pyridine rings is 2. The molecule has 0 aromatic carbocycles.